The molecule has 6 nitrogen and oxygen atoms in total. The van der Waals surface area contributed by atoms with Crippen molar-refractivity contribution < 1.29 is 4.79 Å². The van der Waals surface area contributed by atoms with Gasteiger partial charge >= 0.3 is 0 Å². The van der Waals surface area contributed by atoms with Gasteiger partial charge in [0, 0.05) is 36.1 Å². The molecule has 4 aromatic rings. The van der Waals surface area contributed by atoms with Crippen LogP contribution in [0.3, 0.4) is 0 Å². The van der Waals surface area contributed by atoms with Gasteiger partial charge in [-0.05, 0) is 42.5 Å². The van der Waals surface area contributed by atoms with E-state index < -0.39 is 0 Å². The normalized spacial score (nSPS) is 14.7. The maximum absolute atomic E-state index is 12.6. The Balaban J connectivity index is 1.17. The first kappa shape index (κ1) is 21.9. The third-order valence-corrected chi connectivity index (χ3v) is 7.40. The van der Waals surface area contributed by atoms with Crippen molar-refractivity contribution in [2.75, 3.05) is 18.0 Å². The van der Waals surface area contributed by atoms with Gasteiger partial charge in [-0.25, -0.2) is 9.50 Å². The lowest BCUT2D eigenvalue weighted by Crippen LogP contribution is -2.40. The fourth-order valence-corrected chi connectivity index (χ4v) is 5.33. The van der Waals surface area contributed by atoms with E-state index in [1.807, 2.05) is 35.0 Å². The third-order valence-electron chi connectivity index (χ3n) is 6.18. The summed E-state index contributed by atoms with van der Waals surface area (Å²) in [5.41, 5.74) is 4.39. The quantitative estimate of drug-likeness (QED) is 0.412. The van der Waals surface area contributed by atoms with Crippen molar-refractivity contribution in [1.82, 2.24) is 19.9 Å². The van der Waals surface area contributed by atoms with Gasteiger partial charge in [0.15, 0.2) is 0 Å². The summed E-state index contributed by atoms with van der Waals surface area (Å²) >= 11 is 7.62. The Hall–Kier alpha value is -2.90. The summed E-state index contributed by atoms with van der Waals surface area (Å²) in [4.78, 5) is 20.5. The zero-order chi connectivity index (χ0) is 22.8. The van der Waals surface area contributed by atoms with Crippen LogP contribution < -0.4 is 10.2 Å². The Morgan fingerprint density at radius 3 is 2.64 bits per heavy atom. The van der Waals surface area contributed by atoms with Crippen LogP contribution in [0.25, 0.3) is 16.2 Å². The highest BCUT2D eigenvalue weighted by molar-refractivity contribution is 7.20. The molecule has 1 fully saturated rings. The molecule has 0 spiro atoms. The monoisotopic (exact) mass is 479 g/mol. The van der Waals surface area contributed by atoms with Gasteiger partial charge in [0.2, 0.25) is 16.0 Å². The average Bonchev–Trinajstić information content (AvgIpc) is 3.42. The number of rotatable bonds is 6. The van der Waals surface area contributed by atoms with Crippen molar-refractivity contribution in [1.29, 1.82) is 0 Å². The van der Waals surface area contributed by atoms with E-state index in [-0.39, 0.29) is 11.8 Å². The zero-order valence-electron chi connectivity index (χ0n) is 18.5. The Bertz CT molecular complexity index is 1230. The topological polar surface area (TPSA) is 62.5 Å². The van der Waals surface area contributed by atoms with Gasteiger partial charge in [-0.2, -0.15) is 0 Å². The summed E-state index contributed by atoms with van der Waals surface area (Å²) in [6.07, 6.45) is 4.66. The molecule has 8 heteroatoms. The highest BCUT2D eigenvalue weighted by Crippen LogP contribution is 2.30. The highest BCUT2D eigenvalue weighted by atomic mass is 35.5. The second-order valence-corrected chi connectivity index (χ2v) is 9.77. The molecule has 1 aliphatic rings. The van der Waals surface area contributed by atoms with Gasteiger partial charge in [0.05, 0.1) is 11.9 Å². The Morgan fingerprint density at radius 2 is 1.94 bits per heavy atom. The van der Waals surface area contributed by atoms with Crippen LogP contribution in [0, 0.1) is 5.92 Å². The van der Waals surface area contributed by atoms with Crippen LogP contribution in [0.2, 0.25) is 5.02 Å². The number of aromatic nitrogens is 3. The SMILES string of the molecule is CCc1ccc(-c2cn3nc(N4CCC(C(=O)NCc5cccc(Cl)c5)CC4)sc3n2)cc1. The van der Waals surface area contributed by atoms with Crippen molar-refractivity contribution >= 4 is 38.9 Å². The molecule has 0 unspecified atom stereocenters. The van der Waals surface area contributed by atoms with E-state index >= 15 is 0 Å². The minimum atomic E-state index is 0.0298. The molecule has 1 amide bonds. The molecule has 33 heavy (non-hydrogen) atoms. The number of aryl methyl sites for hydroxylation is 1. The van der Waals surface area contributed by atoms with Gasteiger partial charge in [-0.3, -0.25) is 4.79 Å². The lowest BCUT2D eigenvalue weighted by atomic mass is 9.96. The number of halogens is 1. The molecule has 1 N–H and O–H groups in total. The number of anilines is 1. The van der Waals surface area contributed by atoms with Gasteiger partial charge in [-0.15, -0.1) is 5.10 Å². The minimum absolute atomic E-state index is 0.0298. The molecular formula is C25H26ClN5OS. The maximum Gasteiger partial charge on any atom is 0.223 e. The number of nitrogens with one attached hydrogen (secondary N) is 1. The molecule has 1 aliphatic heterocycles. The van der Waals surface area contributed by atoms with Gasteiger partial charge in [-0.1, -0.05) is 66.3 Å². The summed E-state index contributed by atoms with van der Waals surface area (Å²) in [7, 11) is 0. The van der Waals surface area contributed by atoms with E-state index in [4.69, 9.17) is 21.7 Å². The molecule has 1 saturated heterocycles. The molecule has 2 aromatic carbocycles. The summed E-state index contributed by atoms with van der Waals surface area (Å²) < 4.78 is 1.87. The second-order valence-electron chi connectivity index (χ2n) is 8.40. The lowest BCUT2D eigenvalue weighted by Gasteiger charge is -2.30. The van der Waals surface area contributed by atoms with Crippen molar-refractivity contribution in [3.05, 3.63) is 70.9 Å². The average molecular weight is 480 g/mol. The molecule has 0 radical (unpaired) electrons. The van der Waals surface area contributed by atoms with E-state index in [0.29, 0.717) is 11.6 Å². The van der Waals surface area contributed by atoms with Crippen LogP contribution in [0.1, 0.15) is 30.9 Å². The van der Waals surface area contributed by atoms with Crippen LogP contribution in [-0.4, -0.2) is 33.6 Å². The molecule has 0 atom stereocenters. The standard InChI is InChI=1S/C25H26ClN5OS/c1-2-17-6-8-19(9-7-17)22-16-31-24(28-22)33-25(29-31)30-12-10-20(11-13-30)23(32)27-15-18-4-3-5-21(26)14-18/h3-9,14,16,20H,2,10-13,15H2,1H3,(H,27,32). The molecule has 5 rings (SSSR count). The first-order valence-electron chi connectivity index (χ1n) is 11.3. The van der Waals surface area contributed by atoms with Crippen molar-refractivity contribution in [3.63, 3.8) is 0 Å². The van der Waals surface area contributed by atoms with E-state index in [0.717, 1.165) is 59.3 Å². The molecule has 2 aromatic heterocycles. The number of amides is 1. The first-order chi connectivity index (χ1) is 16.1. The Labute approximate surface area is 202 Å². The van der Waals surface area contributed by atoms with Crippen LogP contribution >= 0.6 is 22.9 Å². The number of carbonyl (C=O) groups excluding carboxylic acids is 1. The summed E-state index contributed by atoms with van der Waals surface area (Å²) in [5.74, 6) is 0.143. The summed E-state index contributed by atoms with van der Waals surface area (Å²) in [6, 6.07) is 16.1. The van der Waals surface area contributed by atoms with E-state index in [1.54, 1.807) is 11.3 Å². The number of imidazole rings is 1. The number of hydrogen-bond acceptors (Lipinski definition) is 5. The molecule has 170 valence electrons. The second kappa shape index (κ2) is 9.53. The van der Waals surface area contributed by atoms with Crippen molar-refractivity contribution in [2.24, 2.45) is 5.92 Å². The van der Waals surface area contributed by atoms with Crippen LogP contribution in [0.15, 0.2) is 54.7 Å². The molecular weight excluding hydrogens is 454 g/mol. The van der Waals surface area contributed by atoms with Gasteiger partial charge < -0.3 is 10.2 Å². The Morgan fingerprint density at radius 1 is 1.15 bits per heavy atom. The van der Waals surface area contributed by atoms with E-state index in [9.17, 15) is 4.79 Å². The van der Waals surface area contributed by atoms with Crippen LogP contribution in [0.5, 0.6) is 0 Å². The fraction of sp³-hybridized carbons (Fsp3) is 0.320. The lowest BCUT2D eigenvalue weighted by molar-refractivity contribution is -0.125. The van der Waals surface area contributed by atoms with Crippen molar-refractivity contribution in [2.45, 2.75) is 32.7 Å². The highest BCUT2D eigenvalue weighted by Gasteiger charge is 2.26. The molecule has 3 heterocycles. The third kappa shape index (κ3) is 4.89. The predicted molar refractivity (Wildman–Crippen MR) is 134 cm³/mol. The largest absolute Gasteiger partial charge is 0.352 e. The number of hydrogen-bond donors (Lipinski definition) is 1. The zero-order valence-corrected chi connectivity index (χ0v) is 20.1. The molecule has 0 bridgehead atoms. The summed E-state index contributed by atoms with van der Waals surface area (Å²) in [6.45, 7) is 4.30. The fourth-order valence-electron chi connectivity index (χ4n) is 4.18. The molecule has 0 saturated carbocycles. The number of fused-ring (bicyclic) bond motifs is 1. The number of nitrogens with zero attached hydrogens (tertiary/aromatic N) is 4. The first-order valence-corrected chi connectivity index (χ1v) is 12.5. The summed E-state index contributed by atoms with van der Waals surface area (Å²) in [5, 5.41) is 9.46. The smallest absolute Gasteiger partial charge is 0.223 e. The number of piperidine rings is 1. The number of carbonyl (C=O) groups is 1. The van der Waals surface area contributed by atoms with Crippen LogP contribution in [-0.2, 0) is 17.8 Å². The number of benzene rings is 2. The Kier molecular flexibility index (Phi) is 6.33. The minimum Gasteiger partial charge on any atom is -0.352 e. The maximum atomic E-state index is 12.6. The van der Waals surface area contributed by atoms with Crippen molar-refractivity contribution in [3.8, 4) is 11.3 Å². The molecule has 0 aliphatic carbocycles. The van der Waals surface area contributed by atoms with Crippen LogP contribution in [0.4, 0.5) is 5.13 Å². The van der Waals surface area contributed by atoms with Gasteiger partial charge in [0.25, 0.3) is 0 Å². The predicted octanol–water partition coefficient (Wildman–Crippen LogP) is 5.21. The van der Waals surface area contributed by atoms with E-state index in [1.165, 1.54) is 5.56 Å². The van der Waals surface area contributed by atoms with E-state index in [2.05, 4.69) is 41.4 Å². The van der Waals surface area contributed by atoms with Gasteiger partial charge in [0.1, 0.15) is 0 Å².